The third kappa shape index (κ3) is 3.08. The van der Waals surface area contributed by atoms with E-state index >= 15 is 0 Å². The van der Waals surface area contributed by atoms with Gasteiger partial charge < -0.3 is 15.1 Å². The van der Waals surface area contributed by atoms with E-state index in [1.807, 2.05) is 34.9 Å². The fraction of sp³-hybridized carbons (Fsp3) is 0.375. The zero-order valence-corrected chi connectivity index (χ0v) is 15.6. The molecule has 0 atom stereocenters. The lowest BCUT2D eigenvalue weighted by Gasteiger charge is -2.13. The number of aromatic nitrogens is 5. The van der Waals surface area contributed by atoms with E-state index in [4.69, 9.17) is 0 Å². The number of aliphatic hydroxyl groups is 1. The monoisotopic (exact) mass is 360 g/mol. The number of aromatic hydroxyl groups is 1. The van der Waals surface area contributed by atoms with Gasteiger partial charge in [0.2, 0.25) is 5.88 Å². The predicted octanol–water partition coefficient (Wildman–Crippen LogP) is 1.97. The standard InChI is InChI=1S/C16H20N6O2S/c1-8-14(15-9(2)17-10(3)25-15)20-22(16(8)24)13-6-12(21(4)5)18-11(7-23)19-13/h6,23-24H,7H2,1-5H3. The number of aryl methyl sites for hydroxylation is 2. The van der Waals surface area contributed by atoms with Crippen LogP contribution in [0.1, 0.15) is 22.1 Å². The van der Waals surface area contributed by atoms with Gasteiger partial charge in [0.15, 0.2) is 11.6 Å². The smallest absolute Gasteiger partial charge is 0.219 e. The Morgan fingerprint density at radius 2 is 1.88 bits per heavy atom. The highest BCUT2D eigenvalue weighted by molar-refractivity contribution is 7.15. The first-order chi connectivity index (χ1) is 11.8. The first kappa shape index (κ1) is 17.3. The molecule has 9 heteroatoms. The third-order valence-electron chi connectivity index (χ3n) is 3.77. The van der Waals surface area contributed by atoms with E-state index in [0.29, 0.717) is 22.9 Å². The van der Waals surface area contributed by atoms with Crippen molar-refractivity contribution in [1.82, 2.24) is 24.7 Å². The highest BCUT2D eigenvalue weighted by Gasteiger charge is 2.21. The summed E-state index contributed by atoms with van der Waals surface area (Å²) < 4.78 is 1.37. The van der Waals surface area contributed by atoms with Gasteiger partial charge >= 0.3 is 0 Å². The summed E-state index contributed by atoms with van der Waals surface area (Å²) in [6.07, 6.45) is 0. The Labute approximate surface area is 149 Å². The zero-order valence-electron chi connectivity index (χ0n) is 14.8. The minimum Gasteiger partial charge on any atom is -0.493 e. The minimum absolute atomic E-state index is 0.00717. The van der Waals surface area contributed by atoms with Crippen LogP contribution in [0.2, 0.25) is 0 Å². The van der Waals surface area contributed by atoms with Crippen molar-refractivity contribution in [2.45, 2.75) is 27.4 Å². The summed E-state index contributed by atoms with van der Waals surface area (Å²) in [5, 5.41) is 25.5. The van der Waals surface area contributed by atoms with E-state index in [1.165, 1.54) is 16.0 Å². The summed E-state index contributed by atoms with van der Waals surface area (Å²) in [6, 6.07) is 1.71. The second-order valence-electron chi connectivity index (χ2n) is 5.91. The molecule has 0 spiro atoms. The number of aliphatic hydroxyl groups excluding tert-OH is 1. The van der Waals surface area contributed by atoms with Gasteiger partial charge in [-0.25, -0.2) is 15.0 Å². The van der Waals surface area contributed by atoms with Crippen LogP contribution in [0.25, 0.3) is 16.4 Å². The molecule has 0 aliphatic carbocycles. The number of rotatable bonds is 4. The van der Waals surface area contributed by atoms with E-state index in [9.17, 15) is 10.2 Å². The highest BCUT2D eigenvalue weighted by Crippen LogP contribution is 2.35. The second-order valence-corrected chi connectivity index (χ2v) is 7.11. The lowest BCUT2D eigenvalue weighted by atomic mass is 10.2. The zero-order chi connectivity index (χ0) is 18.3. The highest BCUT2D eigenvalue weighted by atomic mass is 32.1. The average Bonchev–Trinajstić information content (AvgIpc) is 3.06. The number of hydrogen-bond acceptors (Lipinski definition) is 8. The second kappa shape index (κ2) is 6.41. The molecule has 0 amide bonds. The first-order valence-corrected chi connectivity index (χ1v) is 8.53. The van der Waals surface area contributed by atoms with Crippen molar-refractivity contribution in [1.29, 1.82) is 0 Å². The summed E-state index contributed by atoms with van der Waals surface area (Å²) in [5.74, 6) is 1.29. The molecule has 0 unspecified atom stereocenters. The van der Waals surface area contributed by atoms with Crippen molar-refractivity contribution < 1.29 is 10.2 Å². The molecule has 8 nitrogen and oxygen atoms in total. The summed E-state index contributed by atoms with van der Waals surface area (Å²) in [7, 11) is 3.69. The molecule has 2 N–H and O–H groups in total. The Morgan fingerprint density at radius 1 is 1.16 bits per heavy atom. The molecular weight excluding hydrogens is 340 g/mol. The van der Waals surface area contributed by atoms with E-state index in [-0.39, 0.29) is 18.3 Å². The molecular formula is C16H20N6O2S. The Balaban J connectivity index is 2.18. The van der Waals surface area contributed by atoms with Crippen molar-refractivity contribution in [2.75, 3.05) is 19.0 Å². The van der Waals surface area contributed by atoms with E-state index < -0.39 is 0 Å². The minimum atomic E-state index is -0.296. The molecule has 0 saturated carbocycles. The van der Waals surface area contributed by atoms with Gasteiger partial charge in [-0.2, -0.15) is 9.78 Å². The Kier molecular flexibility index (Phi) is 4.44. The van der Waals surface area contributed by atoms with Gasteiger partial charge in [-0.3, -0.25) is 0 Å². The molecule has 132 valence electrons. The molecule has 0 aromatic carbocycles. The average molecular weight is 360 g/mol. The normalized spacial score (nSPS) is 11.1. The SMILES string of the molecule is Cc1nc(C)c(-c2nn(-c3cc(N(C)C)nc(CO)n3)c(O)c2C)s1. The van der Waals surface area contributed by atoms with E-state index in [2.05, 4.69) is 20.1 Å². The van der Waals surface area contributed by atoms with Crippen molar-refractivity contribution in [3.05, 3.63) is 28.2 Å². The van der Waals surface area contributed by atoms with Crippen molar-refractivity contribution >= 4 is 17.2 Å². The lowest BCUT2D eigenvalue weighted by molar-refractivity contribution is 0.271. The number of hydrogen-bond donors (Lipinski definition) is 2. The Morgan fingerprint density at radius 3 is 2.44 bits per heavy atom. The van der Waals surface area contributed by atoms with Crippen LogP contribution in [0, 0.1) is 20.8 Å². The lowest BCUT2D eigenvalue weighted by Crippen LogP contribution is -2.14. The Bertz CT molecular complexity index is 931. The van der Waals surface area contributed by atoms with Gasteiger partial charge in [0.25, 0.3) is 0 Å². The number of nitrogens with zero attached hydrogens (tertiary/aromatic N) is 6. The molecule has 0 radical (unpaired) electrons. The van der Waals surface area contributed by atoms with Gasteiger partial charge in [0, 0.05) is 25.7 Å². The van der Waals surface area contributed by atoms with Crippen molar-refractivity contribution in [2.24, 2.45) is 0 Å². The van der Waals surface area contributed by atoms with Crippen LogP contribution in [0.3, 0.4) is 0 Å². The van der Waals surface area contributed by atoms with Gasteiger partial charge in [-0.05, 0) is 20.8 Å². The molecule has 3 aromatic rings. The van der Waals surface area contributed by atoms with E-state index in [0.717, 1.165) is 15.6 Å². The summed E-state index contributed by atoms with van der Waals surface area (Å²) in [4.78, 5) is 15.7. The Hall–Kier alpha value is -2.52. The molecule has 0 saturated heterocycles. The maximum Gasteiger partial charge on any atom is 0.219 e. The van der Waals surface area contributed by atoms with Gasteiger partial charge in [0.05, 0.1) is 15.6 Å². The van der Waals surface area contributed by atoms with E-state index in [1.54, 1.807) is 11.0 Å². The number of thiazole rings is 1. The molecule has 25 heavy (non-hydrogen) atoms. The molecule has 0 fully saturated rings. The molecule has 3 heterocycles. The van der Waals surface area contributed by atoms with Gasteiger partial charge in [0.1, 0.15) is 18.1 Å². The van der Waals surface area contributed by atoms with Crippen LogP contribution in [0.15, 0.2) is 6.07 Å². The van der Waals surface area contributed by atoms with Crippen molar-refractivity contribution in [3.8, 4) is 22.3 Å². The summed E-state index contributed by atoms with van der Waals surface area (Å²) >= 11 is 1.54. The topological polar surface area (TPSA) is 100 Å². The van der Waals surface area contributed by atoms with Gasteiger partial charge in [-0.1, -0.05) is 0 Å². The molecule has 0 aliphatic rings. The first-order valence-electron chi connectivity index (χ1n) is 7.71. The summed E-state index contributed by atoms with van der Waals surface area (Å²) in [5.41, 5.74) is 2.21. The molecule has 3 aromatic heterocycles. The van der Waals surface area contributed by atoms with Crippen LogP contribution in [-0.2, 0) is 6.61 Å². The quantitative estimate of drug-likeness (QED) is 0.734. The van der Waals surface area contributed by atoms with Crippen LogP contribution < -0.4 is 4.90 Å². The van der Waals surface area contributed by atoms with Crippen molar-refractivity contribution in [3.63, 3.8) is 0 Å². The molecule has 3 rings (SSSR count). The molecule has 0 aliphatic heterocycles. The van der Waals surface area contributed by atoms with Crippen LogP contribution in [-0.4, -0.2) is 49.0 Å². The van der Waals surface area contributed by atoms with Crippen LogP contribution in [0.5, 0.6) is 5.88 Å². The maximum atomic E-state index is 10.6. The molecule has 0 bridgehead atoms. The fourth-order valence-electron chi connectivity index (χ4n) is 2.49. The third-order valence-corrected chi connectivity index (χ3v) is 4.85. The van der Waals surface area contributed by atoms with Gasteiger partial charge in [-0.15, -0.1) is 11.3 Å². The largest absolute Gasteiger partial charge is 0.493 e. The predicted molar refractivity (Wildman–Crippen MR) is 96.4 cm³/mol. The number of anilines is 1. The van der Waals surface area contributed by atoms with Crippen LogP contribution >= 0.6 is 11.3 Å². The summed E-state index contributed by atoms with van der Waals surface area (Å²) in [6.45, 7) is 5.38. The van der Waals surface area contributed by atoms with Crippen LogP contribution in [0.4, 0.5) is 5.82 Å². The maximum absolute atomic E-state index is 10.6. The fourth-order valence-corrected chi connectivity index (χ4v) is 3.45.